The lowest BCUT2D eigenvalue weighted by Gasteiger charge is -2.40. The van der Waals surface area contributed by atoms with E-state index in [0.29, 0.717) is 6.61 Å². The number of carbonyl (C=O) groups excluding carboxylic acids is 2. The van der Waals surface area contributed by atoms with Crippen LogP contribution >= 0.6 is 0 Å². The van der Waals surface area contributed by atoms with Gasteiger partial charge in [0.15, 0.2) is 8.32 Å². The van der Waals surface area contributed by atoms with Gasteiger partial charge in [0.1, 0.15) is 12.4 Å². The molecule has 0 bridgehead atoms. The maximum Gasteiger partial charge on any atom is 0.303 e. The number of hydrogen-bond acceptors (Lipinski definition) is 4. The van der Waals surface area contributed by atoms with E-state index in [-0.39, 0.29) is 28.6 Å². The number of aldehydes is 1. The molecule has 1 aliphatic rings. The van der Waals surface area contributed by atoms with Gasteiger partial charge < -0.3 is 9.16 Å². The molecule has 24 heavy (non-hydrogen) atoms. The predicted molar refractivity (Wildman–Crippen MR) is 103 cm³/mol. The highest BCUT2D eigenvalue weighted by Gasteiger charge is 2.47. The van der Waals surface area contributed by atoms with Crippen molar-refractivity contribution in [3.8, 4) is 0 Å². The molecule has 0 saturated carbocycles. The van der Waals surface area contributed by atoms with Gasteiger partial charge in [0.05, 0.1) is 8.07 Å². The minimum absolute atomic E-state index is 0.0210. The van der Waals surface area contributed by atoms with Crippen LogP contribution in [0.2, 0.25) is 43.3 Å². The van der Waals surface area contributed by atoms with Crippen LogP contribution in [0.1, 0.15) is 27.7 Å². The molecule has 0 N–H and O–H groups in total. The van der Waals surface area contributed by atoms with Gasteiger partial charge in [0, 0.05) is 25.0 Å². The van der Waals surface area contributed by atoms with Crippen molar-refractivity contribution in [2.45, 2.75) is 77.1 Å². The largest absolute Gasteiger partial charge is 0.458 e. The van der Waals surface area contributed by atoms with E-state index in [0.717, 1.165) is 11.9 Å². The third-order valence-corrected chi connectivity index (χ3v) is 12.7. The van der Waals surface area contributed by atoms with Gasteiger partial charge in [-0.3, -0.25) is 9.59 Å². The minimum atomic E-state index is -1.89. The summed E-state index contributed by atoms with van der Waals surface area (Å²) in [6.07, 6.45) is 2.45. The fraction of sp³-hybridized carbons (Fsp3) is 0.778. The lowest BCUT2D eigenvalue weighted by molar-refractivity contribution is -0.144. The van der Waals surface area contributed by atoms with Crippen molar-refractivity contribution in [2.24, 2.45) is 5.92 Å². The van der Waals surface area contributed by atoms with E-state index in [2.05, 4.69) is 53.5 Å². The number of esters is 1. The Morgan fingerprint density at radius 1 is 1.21 bits per heavy atom. The molecule has 0 amide bonds. The van der Waals surface area contributed by atoms with Gasteiger partial charge in [0.2, 0.25) is 0 Å². The second kappa shape index (κ2) is 7.26. The summed E-state index contributed by atoms with van der Waals surface area (Å²) in [5, 5.41) is 0.126. The van der Waals surface area contributed by atoms with Crippen LogP contribution in [0, 0.1) is 5.92 Å². The summed E-state index contributed by atoms with van der Waals surface area (Å²) in [7, 11) is -3.56. The molecule has 0 aliphatic heterocycles. The van der Waals surface area contributed by atoms with Crippen LogP contribution in [0.25, 0.3) is 0 Å². The van der Waals surface area contributed by atoms with Crippen LogP contribution in [-0.2, 0) is 18.8 Å². The van der Waals surface area contributed by atoms with Gasteiger partial charge >= 0.3 is 5.97 Å². The summed E-state index contributed by atoms with van der Waals surface area (Å²) in [4.78, 5) is 23.1. The lowest BCUT2D eigenvalue weighted by atomic mass is 10.0. The van der Waals surface area contributed by atoms with Crippen molar-refractivity contribution in [1.29, 1.82) is 0 Å². The van der Waals surface area contributed by atoms with E-state index in [9.17, 15) is 9.59 Å². The van der Waals surface area contributed by atoms with Gasteiger partial charge in [-0.2, -0.15) is 0 Å². The molecule has 6 heteroatoms. The highest BCUT2D eigenvalue weighted by atomic mass is 28.4. The third kappa shape index (κ3) is 4.89. The first-order chi connectivity index (χ1) is 10.7. The summed E-state index contributed by atoms with van der Waals surface area (Å²) in [5.74, 6) is -0.275. The van der Waals surface area contributed by atoms with Gasteiger partial charge in [-0.1, -0.05) is 40.4 Å². The van der Waals surface area contributed by atoms with Crippen molar-refractivity contribution in [3.05, 3.63) is 11.6 Å². The van der Waals surface area contributed by atoms with Crippen molar-refractivity contribution >= 4 is 28.6 Å². The fourth-order valence-electron chi connectivity index (χ4n) is 3.09. The van der Waals surface area contributed by atoms with E-state index in [1.165, 1.54) is 6.92 Å². The molecule has 0 aromatic heterocycles. The monoisotopic (exact) mass is 370 g/mol. The summed E-state index contributed by atoms with van der Waals surface area (Å²) in [5.41, 5.74) is 0.902. The first-order valence-corrected chi connectivity index (χ1v) is 15.2. The fourth-order valence-corrected chi connectivity index (χ4v) is 6.76. The van der Waals surface area contributed by atoms with E-state index in [1.807, 2.05) is 6.08 Å². The Morgan fingerprint density at radius 2 is 1.75 bits per heavy atom. The van der Waals surface area contributed by atoms with E-state index in [1.54, 1.807) is 0 Å². The van der Waals surface area contributed by atoms with Gasteiger partial charge in [0.25, 0.3) is 0 Å². The number of rotatable bonds is 6. The smallest absolute Gasteiger partial charge is 0.303 e. The average Bonchev–Trinajstić information content (AvgIpc) is 2.71. The van der Waals surface area contributed by atoms with Crippen LogP contribution in [0.4, 0.5) is 0 Å². The van der Waals surface area contributed by atoms with Crippen molar-refractivity contribution in [2.75, 3.05) is 6.61 Å². The molecular formula is C18H34O4Si2. The third-order valence-electron chi connectivity index (χ3n) is 5.44. The Morgan fingerprint density at radius 3 is 2.12 bits per heavy atom. The first-order valence-electron chi connectivity index (χ1n) is 8.69. The quantitative estimate of drug-likeness (QED) is 0.395. The maximum absolute atomic E-state index is 11.6. The second-order valence-electron chi connectivity index (χ2n) is 9.43. The molecule has 3 atom stereocenters. The van der Waals surface area contributed by atoms with Crippen LogP contribution in [0.3, 0.4) is 0 Å². The molecule has 0 radical (unpaired) electrons. The molecule has 0 spiro atoms. The summed E-state index contributed by atoms with van der Waals surface area (Å²) < 4.78 is 11.9. The summed E-state index contributed by atoms with van der Waals surface area (Å²) >= 11 is 0. The van der Waals surface area contributed by atoms with Crippen LogP contribution in [0.15, 0.2) is 11.6 Å². The predicted octanol–water partition coefficient (Wildman–Crippen LogP) is 4.40. The zero-order valence-electron chi connectivity index (χ0n) is 16.7. The highest BCUT2D eigenvalue weighted by Crippen LogP contribution is 2.46. The zero-order valence-corrected chi connectivity index (χ0v) is 18.7. The van der Waals surface area contributed by atoms with Crippen molar-refractivity contribution in [1.82, 2.24) is 0 Å². The molecule has 0 aromatic carbocycles. The topological polar surface area (TPSA) is 52.6 Å². The Balaban J connectivity index is 3.07. The second-order valence-corrected chi connectivity index (χ2v) is 19.6. The summed E-state index contributed by atoms with van der Waals surface area (Å²) in [6, 6.07) is 0. The van der Waals surface area contributed by atoms with Crippen molar-refractivity contribution in [3.63, 3.8) is 0 Å². The maximum atomic E-state index is 11.6. The normalized spacial score (nSPS) is 25.4. The van der Waals surface area contributed by atoms with Gasteiger partial charge in [-0.05, 0) is 29.8 Å². The molecule has 0 heterocycles. The molecule has 0 fully saturated rings. The number of ether oxygens (including phenoxy) is 1. The van der Waals surface area contributed by atoms with Crippen LogP contribution < -0.4 is 0 Å². The van der Waals surface area contributed by atoms with E-state index in [4.69, 9.17) is 9.16 Å². The molecule has 0 saturated heterocycles. The standard InChI is InChI=1S/C18H34O4Si2/c1-13(20)22-16-10-14(11-19)15(17(16)23(5,6)7)12-21-24(8,9)18(2,3)4/h10-11,15-17H,12H2,1-9H3/t15-,16+,17+/m1/s1. The first kappa shape index (κ1) is 21.3. The molecule has 4 nitrogen and oxygen atoms in total. The van der Waals surface area contributed by atoms with E-state index < -0.39 is 16.4 Å². The minimum Gasteiger partial charge on any atom is -0.458 e. The van der Waals surface area contributed by atoms with Crippen LogP contribution in [0.5, 0.6) is 0 Å². The molecule has 0 unspecified atom stereocenters. The number of hydrogen-bond donors (Lipinski definition) is 0. The Bertz CT molecular complexity index is 512. The Kier molecular flexibility index (Phi) is 6.44. The Labute approximate surface area is 149 Å². The van der Waals surface area contributed by atoms with Crippen molar-refractivity contribution < 1.29 is 18.8 Å². The van der Waals surface area contributed by atoms with Gasteiger partial charge in [-0.25, -0.2) is 0 Å². The lowest BCUT2D eigenvalue weighted by Crippen LogP contribution is -2.45. The molecular weight excluding hydrogens is 336 g/mol. The van der Waals surface area contributed by atoms with Crippen LogP contribution in [-0.4, -0.2) is 41.4 Å². The highest BCUT2D eigenvalue weighted by molar-refractivity contribution is 6.78. The zero-order chi connectivity index (χ0) is 18.9. The number of carbonyl (C=O) groups is 2. The van der Waals surface area contributed by atoms with Gasteiger partial charge in [-0.15, -0.1) is 0 Å². The molecule has 138 valence electrons. The molecule has 1 rings (SSSR count). The summed E-state index contributed by atoms with van der Waals surface area (Å²) in [6.45, 7) is 19.8. The average molecular weight is 371 g/mol. The van der Waals surface area contributed by atoms with E-state index >= 15 is 0 Å². The molecule has 1 aliphatic carbocycles. The SMILES string of the molecule is CC(=O)O[C@H]1C=C(C=O)[C@@H](CO[Si](C)(C)C(C)(C)C)[C@@H]1[Si](C)(C)C. The Hall–Kier alpha value is -0.726. The molecule has 0 aromatic rings.